The lowest BCUT2D eigenvalue weighted by Crippen LogP contribution is -2.43. The van der Waals surface area contributed by atoms with Crippen molar-refractivity contribution in [3.8, 4) is 0 Å². The van der Waals surface area contributed by atoms with Gasteiger partial charge < -0.3 is 10.2 Å². The summed E-state index contributed by atoms with van der Waals surface area (Å²) in [6, 6.07) is 6.96. The van der Waals surface area contributed by atoms with Crippen LogP contribution in [0.15, 0.2) is 41.6 Å². The Morgan fingerprint density at radius 2 is 2.03 bits per heavy atom. The second-order valence-electron chi connectivity index (χ2n) is 7.94. The van der Waals surface area contributed by atoms with Crippen molar-refractivity contribution in [2.75, 3.05) is 23.3 Å². The molecular weight excluding hydrogens is 428 g/mol. The number of aromatic nitrogens is 2. The Kier molecular flexibility index (Phi) is 6.44. The maximum atomic E-state index is 12.9. The second kappa shape index (κ2) is 8.74. The van der Waals surface area contributed by atoms with E-state index < -0.39 is 33.9 Å². The number of nitrogens with zero attached hydrogens (tertiary/aromatic N) is 3. The van der Waals surface area contributed by atoms with E-state index in [9.17, 15) is 22.0 Å². The topological polar surface area (TPSA) is 104 Å². The summed E-state index contributed by atoms with van der Waals surface area (Å²) in [5, 5.41) is 1.89. The monoisotopic (exact) mass is 453 g/mol. The van der Waals surface area contributed by atoms with E-state index in [0.29, 0.717) is 18.3 Å². The van der Waals surface area contributed by atoms with Crippen LogP contribution in [0.1, 0.15) is 37.6 Å². The van der Waals surface area contributed by atoms with E-state index in [2.05, 4.69) is 36.1 Å². The molecule has 3 rings (SSSR count). The maximum absolute atomic E-state index is 12.9. The Morgan fingerprint density at radius 1 is 1.29 bits per heavy atom. The van der Waals surface area contributed by atoms with Crippen LogP contribution in [0.5, 0.6) is 0 Å². The normalized spacial score (nSPS) is 18.3. The predicted molar refractivity (Wildman–Crippen MR) is 113 cm³/mol. The van der Waals surface area contributed by atoms with Gasteiger partial charge >= 0.3 is 0 Å². The first-order chi connectivity index (χ1) is 14.5. The molecule has 0 spiro atoms. The zero-order valence-electron chi connectivity index (χ0n) is 17.5. The zero-order chi connectivity index (χ0) is 22.8. The molecule has 1 fully saturated rings. The first-order valence-electron chi connectivity index (χ1n) is 9.81. The van der Waals surface area contributed by atoms with E-state index in [-0.39, 0.29) is 16.9 Å². The SMILES string of the molecule is CC1CCN(c2ncccc2C(=O)NS(=O)(=O)c2cccc(NCC(F)F)n2)C1(C)C. The van der Waals surface area contributed by atoms with Crippen molar-refractivity contribution in [2.24, 2.45) is 5.92 Å². The molecule has 1 unspecified atom stereocenters. The summed E-state index contributed by atoms with van der Waals surface area (Å²) in [7, 11) is -4.33. The van der Waals surface area contributed by atoms with E-state index in [1.54, 1.807) is 12.3 Å². The van der Waals surface area contributed by atoms with Crippen molar-refractivity contribution in [2.45, 2.75) is 44.2 Å². The Balaban J connectivity index is 1.85. The van der Waals surface area contributed by atoms with Gasteiger partial charge in [0.25, 0.3) is 22.4 Å². The van der Waals surface area contributed by atoms with Crippen molar-refractivity contribution >= 4 is 27.6 Å². The van der Waals surface area contributed by atoms with Crippen LogP contribution in [0, 0.1) is 5.92 Å². The molecule has 2 aromatic heterocycles. The van der Waals surface area contributed by atoms with Crippen LogP contribution in [-0.4, -0.2) is 49.3 Å². The number of amides is 1. The highest BCUT2D eigenvalue weighted by Crippen LogP contribution is 2.38. The molecule has 1 aliphatic rings. The Bertz CT molecular complexity index is 1060. The van der Waals surface area contributed by atoms with Gasteiger partial charge in [-0.15, -0.1) is 0 Å². The number of hydrogen-bond acceptors (Lipinski definition) is 7. The van der Waals surface area contributed by atoms with Gasteiger partial charge in [0.05, 0.1) is 12.1 Å². The first kappa shape index (κ1) is 22.9. The second-order valence-corrected chi connectivity index (χ2v) is 9.57. The number of rotatable bonds is 7. The predicted octanol–water partition coefficient (Wildman–Crippen LogP) is 2.90. The van der Waals surface area contributed by atoms with Crippen molar-refractivity contribution in [1.82, 2.24) is 14.7 Å². The highest BCUT2D eigenvalue weighted by atomic mass is 32.2. The number of halogens is 2. The van der Waals surface area contributed by atoms with Crippen molar-refractivity contribution in [1.29, 1.82) is 0 Å². The van der Waals surface area contributed by atoms with Gasteiger partial charge in [0, 0.05) is 18.3 Å². The Labute approximate surface area is 180 Å². The third-order valence-electron chi connectivity index (χ3n) is 5.64. The third-order valence-corrected chi connectivity index (χ3v) is 6.87. The van der Waals surface area contributed by atoms with Crippen LogP contribution in [0.2, 0.25) is 0 Å². The lowest BCUT2D eigenvalue weighted by atomic mass is 9.90. The lowest BCUT2D eigenvalue weighted by Gasteiger charge is -2.36. The zero-order valence-corrected chi connectivity index (χ0v) is 18.3. The Hall–Kier alpha value is -2.82. The number of anilines is 2. The molecule has 1 atom stereocenters. The molecule has 31 heavy (non-hydrogen) atoms. The smallest absolute Gasteiger partial charge is 0.281 e. The van der Waals surface area contributed by atoms with Crippen molar-refractivity contribution in [3.63, 3.8) is 0 Å². The average molecular weight is 454 g/mol. The summed E-state index contributed by atoms with van der Waals surface area (Å²) < 4.78 is 52.2. The molecule has 8 nitrogen and oxygen atoms in total. The van der Waals surface area contributed by atoms with Gasteiger partial charge in [0.2, 0.25) is 0 Å². The van der Waals surface area contributed by atoms with Gasteiger partial charge in [-0.05, 0) is 50.5 Å². The fourth-order valence-corrected chi connectivity index (χ4v) is 4.41. The standard InChI is InChI=1S/C20H25F2N5O3S/c1-13-9-11-27(20(13,2)3)18-14(6-5-10-23-18)19(28)26-31(29,30)17-8-4-7-16(25-17)24-12-15(21)22/h4-8,10,13,15H,9,11-12H2,1-3H3,(H,24,25)(H,26,28). The number of pyridine rings is 2. The van der Waals surface area contributed by atoms with E-state index in [1.165, 1.54) is 24.3 Å². The van der Waals surface area contributed by atoms with Crippen molar-refractivity contribution in [3.05, 3.63) is 42.1 Å². The largest absolute Gasteiger partial charge is 0.364 e. The highest BCUT2D eigenvalue weighted by molar-refractivity contribution is 7.90. The van der Waals surface area contributed by atoms with Gasteiger partial charge in [-0.25, -0.2) is 23.5 Å². The quantitative estimate of drug-likeness (QED) is 0.664. The molecule has 0 saturated carbocycles. The summed E-state index contributed by atoms with van der Waals surface area (Å²) in [4.78, 5) is 23.1. The van der Waals surface area contributed by atoms with Crippen LogP contribution < -0.4 is 14.9 Å². The molecule has 168 valence electrons. The number of sulfonamides is 1. The van der Waals surface area contributed by atoms with Gasteiger partial charge in [0.1, 0.15) is 11.6 Å². The first-order valence-corrected chi connectivity index (χ1v) is 11.3. The maximum Gasteiger partial charge on any atom is 0.281 e. The molecule has 3 heterocycles. The molecule has 1 amide bonds. The van der Waals surface area contributed by atoms with Crippen LogP contribution in [-0.2, 0) is 10.0 Å². The number of hydrogen-bond donors (Lipinski definition) is 2. The van der Waals surface area contributed by atoms with Crippen LogP contribution in [0.25, 0.3) is 0 Å². The van der Waals surface area contributed by atoms with Crippen LogP contribution >= 0.6 is 0 Å². The minimum Gasteiger partial charge on any atom is -0.364 e. The molecule has 0 aromatic carbocycles. The van der Waals surface area contributed by atoms with Crippen molar-refractivity contribution < 1.29 is 22.0 Å². The number of alkyl halides is 2. The molecule has 0 aliphatic carbocycles. The third kappa shape index (κ3) is 4.92. The summed E-state index contributed by atoms with van der Waals surface area (Å²) in [5.41, 5.74) is -0.130. The average Bonchev–Trinajstić information content (AvgIpc) is 2.98. The summed E-state index contributed by atoms with van der Waals surface area (Å²) >= 11 is 0. The molecule has 2 aromatic rings. The van der Waals surface area contributed by atoms with Crippen LogP contribution in [0.3, 0.4) is 0 Å². The minimum atomic E-state index is -4.33. The van der Waals surface area contributed by atoms with E-state index >= 15 is 0 Å². The van der Waals surface area contributed by atoms with Crippen LogP contribution in [0.4, 0.5) is 20.4 Å². The minimum absolute atomic E-state index is 0.0366. The van der Waals surface area contributed by atoms with E-state index in [1.807, 2.05) is 9.62 Å². The highest BCUT2D eigenvalue weighted by Gasteiger charge is 2.40. The fraction of sp³-hybridized carbons (Fsp3) is 0.450. The van der Waals surface area contributed by atoms with E-state index in [4.69, 9.17) is 0 Å². The molecule has 0 bridgehead atoms. The number of nitrogens with one attached hydrogen (secondary N) is 2. The summed E-state index contributed by atoms with van der Waals surface area (Å²) in [5.74, 6) is -0.108. The lowest BCUT2D eigenvalue weighted by molar-refractivity contribution is 0.0981. The molecular formula is C20H25F2N5O3S. The fourth-order valence-electron chi connectivity index (χ4n) is 3.47. The van der Waals surface area contributed by atoms with E-state index in [0.717, 1.165) is 6.42 Å². The molecule has 0 radical (unpaired) electrons. The van der Waals surface area contributed by atoms with Gasteiger partial charge in [-0.2, -0.15) is 8.42 Å². The van der Waals surface area contributed by atoms with Gasteiger partial charge in [0.15, 0.2) is 5.03 Å². The van der Waals surface area contributed by atoms with Gasteiger partial charge in [-0.1, -0.05) is 13.0 Å². The summed E-state index contributed by atoms with van der Waals surface area (Å²) in [6.45, 7) is 6.25. The Morgan fingerprint density at radius 3 is 2.68 bits per heavy atom. The van der Waals surface area contributed by atoms with Gasteiger partial charge in [-0.3, -0.25) is 4.79 Å². The molecule has 2 N–H and O–H groups in total. The molecule has 11 heteroatoms. The summed E-state index contributed by atoms with van der Waals surface area (Å²) in [6.07, 6.45) is -0.145. The molecule has 1 saturated heterocycles. The number of carbonyl (C=O) groups excluding carboxylic acids is 1. The number of carbonyl (C=O) groups is 1. The molecule has 1 aliphatic heterocycles.